The molecule has 1 aromatic carbocycles. The Morgan fingerprint density at radius 1 is 1.60 bits per heavy atom. The molecule has 6 nitrogen and oxygen atoms in total. The first-order chi connectivity index (χ1) is 9.47. The van der Waals surface area contributed by atoms with E-state index < -0.39 is 10.8 Å². The van der Waals surface area contributed by atoms with Gasteiger partial charge in [0.15, 0.2) is 5.84 Å². The van der Waals surface area contributed by atoms with E-state index in [1.165, 1.54) is 0 Å². The molecule has 0 bridgehead atoms. The standard InChI is InChI=1S/C13H21N3O3S/c1-9(8-20(3)18)15-7-11-6-10(13(14)16-17)4-5-12(11)19-2/h4-6,9,15,17H,7-8H2,1-3H3,(H2,14,16). The fourth-order valence-corrected chi connectivity index (χ4v) is 2.65. The van der Waals surface area contributed by atoms with E-state index in [1.807, 2.05) is 6.92 Å². The highest BCUT2D eigenvalue weighted by Crippen LogP contribution is 2.20. The molecule has 1 rings (SSSR count). The number of hydrogen-bond acceptors (Lipinski definition) is 5. The molecule has 112 valence electrons. The maximum Gasteiger partial charge on any atom is 0.170 e. The lowest BCUT2D eigenvalue weighted by Crippen LogP contribution is -2.30. The number of nitrogens with zero attached hydrogens (tertiary/aromatic N) is 1. The predicted octanol–water partition coefficient (Wildman–Crippen LogP) is 0.646. The zero-order chi connectivity index (χ0) is 15.1. The second-order valence-electron chi connectivity index (χ2n) is 4.53. The lowest BCUT2D eigenvalue weighted by atomic mass is 10.1. The SMILES string of the molecule is COc1ccc(/C(N)=N/O)cc1CNC(C)CS(C)=O. The maximum absolute atomic E-state index is 11.2. The molecule has 0 saturated heterocycles. The minimum absolute atomic E-state index is 0.0524. The van der Waals surface area contributed by atoms with Crippen molar-refractivity contribution in [3.05, 3.63) is 29.3 Å². The van der Waals surface area contributed by atoms with Gasteiger partial charge in [-0.2, -0.15) is 0 Å². The highest BCUT2D eigenvalue weighted by atomic mass is 32.2. The predicted molar refractivity (Wildman–Crippen MR) is 80.7 cm³/mol. The minimum Gasteiger partial charge on any atom is -0.496 e. The van der Waals surface area contributed by atoms with Gasteiger partial charge in [0.2, 0.25) is 0 Å². The van der Waals surface area contributed by atoms with Crippen LogP contribution >= 0.6 is 0 Å². The average molecular weight is 299 g/mol. The van der Waals surface area contributed by atoms with Crippen molar-refractivity contribution in [2.45, 2.75) is 19.5 Å². The molecule has 2 unspecified atom stereocenters. The summed E-state index contributed by atoms with van der Waals surface area (Å²) in [5.74, 6) is 1.36. The quantitative estimate of drug-likeness (QED) is 0.297. The van der Waals surface area contributed by atoms with Crippen LogP contribution in [0.4, 0.5) is 0 Å². The van der Waals surface area contributed by atoms with Gasteiger partial charge in [0, 0.05) is 46.5 Å². The normalized spacial score (nSPS) is 14.8. The molecule has 0 aliphatic carbocycles. The van der Waals surface area contributed by atoms with Crippen molar-refractivity contribution in [3.63, 3.8) is 0 Å². The number of amidine groups is 1. The number of ether oxygens (including phenoxy) is 1. The number of rotatable bonds is 7. The minimum atomic E-state index is -0.840. The van der Waals surface area contributed by atoms with Gasteiger partial charge in [0.25, 0.3) is 0 Å². The monoisotopic (exact) mass is 299 g/mol. The van der Waals surface area contributed by atoms with Crippen LogP contribution in [0.5, 0.6) is 5.75 Å². The Morgan fingerprint density at radius 2 is 2.30 bits per heavy atom. The molecule has 4 N–H and O–H groups in total. The zero-order valence-electron chi connectivity index (χ0n) is 11.9. The van der Waals surface area contributed by atoms with Gasteiger partial charge in [0.05, 0.1) is 7.11 Å². The molecule has 0 aliphatic rings. The Labute approximate surface area is 121 Å². The number of hydrogen-bond donors (Lipinski definition) is 3. The summed E-state index contributed by atoms with van der Waals surface area (Å²) in [6, 6.07) is 5.42. The number of nitrogens with two attached hydrogens (primary N) is 1. The van der Waals surface area contributed by atoms with Crippen LogP contribution in [0, 0.1) is 0 Å². The van der Waals surface area contributed by atoms with Gasteiger partial charge in [-0.3, -0.25) is 4.21 Å². The lowest BCUT2D eigenvalue weighted by molar-refractivity contribution is 0.318. The van der Waals surface area contributed by atoms with E-state index in [9.17, 15) is 4.21 Å². The molecule has 0 spiro atoms. The van der Waals surface area contributed by atoms with Crippen LogP contribution in [0.3, 0.4) is 0 Å². The second-order valence-corrected chi connectivity index (χ2v) is 6.01. The van der Waals surface area contributed by atoms with Crippen molar-refractivity contribution in [1.82, 2.24) is 5.32 Å². The van der Waals surface area contributed by atoms with Crippen molar-refractivity contribution in [2.75, 3.05) is 19.1 Å². The van der Waals surface area contributed by atoms with E-state index in [4.69, 9.17) is 15.7 Å². The zero-order valence-corrected chi connectivity index (χ0v) is 12.7. The third kappa shape index (κ3) is 4.82. The molecule has 0 aliphatic heterocycles. The van der Waals surface area contributed by atoms with Gasteiger partial charge < -0.3 is 21.0 Å². The molecule has 0 radical (unpaired) electrons. The fourth-order valence-electron chi connectivity index (χ4n) is 1.83. The number of benzene rings is 1. The van der Waals surface area contributed by atoms with Crippen molar-refractivity contribution >= 4 is 16.6 Å². The third-order valence-corrected chi connectivity index (χ3v) is 3.78. The molecule has 0 saturated carbocycles. The van der Waals surface area contributed by atoms with Crippen molar-refractivity contribution in [2.24, 2.45) is 10.9 Å². The fraction of sp³-hybridized carbons (Fsp3) is 0.462. The summed E-state index contributed by atoms with van der Waals surface area (Å²) >= 11 is 0. The summed E-state index contributed by atoms with van der Waals surface area (Å²) in [4.78, 5) is 0. The van der Waals surface area contributed by atoms with Gasteiger partial charge in [-0.05, 0) is 25.1 Å². The van der Waals surface area contributed by atoms with Crippen LogP contribution in [0.1, 0.15) is 18.1 Å². The Bertz CT molecular complexity index is 506. The molecule has 20 heavy (non-hydrogen) atoms. The second kappa shape index (κ2) is 7.86. The first-order valence-electron chi connectivity index (χ1n) is 6.16. The van der Waals surface area contributed by atoms with Crippen LogP contribution in [0.2, 0.25) is 0 Å². The Balaban J connectivity index is 2.83. The molecule has 0 fully saturated rings. The Morgan fingerprint density at radius 3 is 2.85 bits per heavy atom. The molecule has 1 aromatic rings. The van der Waals surface area contributed by atoms with E-state index >= 15 is 0 Å². The number of oxime groups is 1. The molecule has 0 amide bonds. The van der Waals surface area contributed by atoms with E-state index in [0.29, 0.717) is 17.9 Å². The lowest BCUT2D eigenvalue weighted by Gasteiger charge is -2.15. The number of nitrogens with one attached hydrogen (secondary N) is 1. The van der Waals surface area contributed by atoms with Gasteiger partial charge in [0.1, 0.15) is 5.75 Å². The van der Waals surface area contributed by atoms with Crippen LogP contribution in [-0.4, -0.2) is 40.4 Å². The summed E-state index contributed by atoms with van der Waals surface area (Å²) in [6.07, 6.45) is 1.68. The summed E-state index contributed by atoms with van der Waals surface area (Å²) in [5.41, 5.74) is 7.09. The first kappa shape index (κ1) is 16.5. The van der Waals surface area contributed by atoms with Crippen LogP contribution in [0.15, 0.2) is 23.4 Å². The van der Waals surface area contributed by atoms with Crippen molar-refractivity contribution < 1.29 is 14.2 Å². The first-order valence-corrected chi connectivity index (χ1v) is 7.88. The Kier molecular flexibility index (Phi) is 6.47. The highest BCUT2D eigenvalue weighted by Gasteiger charge is 2.09. The van der Waals surface area contributed by atoms with Crippen LogP contribution < -0.4 is 15.8 Å². The van der Waals surface area contributed by atoms with Crippen molar-refractivity contribution in [1.29, 1.82) is 0 Å². The smallest absolute Gasteiger partial charge is 0.170 e. The summed E-state index contributed by atoms with van der Waals surface area (Å²) in [7, 11) is 0.750. The Hall–Kier alpha value is -1.60. The van der Waals surface area contributed by atoms with Gasteiger partial charge in [-0.25, -0.2) is 0 Å². The van der Waals surface area contributed by atoms with Crippen molar-refractivity contribution in [3.8, 4) is 5.75 Å². The summed E-state index contributed by atoms with van der Waals surface area (Å²) < 4.78 is 16.4. The summed E-state index contributed by atoms with van der Waals surface area (Å²) in [6.45, 7) is 2.52. The highest BCUT2D eigenvalue weighted by molar-refractivity contribution is 7.84. The molecule has 7 heteroatoms. The molecular formula is C13H21N3O3S. The molecular weight excluding hydrogens is 278 g/mol. The van der Waals surface area contributed by atoms with E-state index in [0.717, 1.165) is 11.3 Å². The molecule has 0 heterocycles. The van der Waals surface area contributed by atoms with E-state index in [1.54, 1.807) is 31.6 Å². The molecule has 0 aromatic heterocycles. The number of methoxy groups -OCH3 is 1. The van der Waals surface area contributed by atoms with Gasteiger partial charge >= 0.3 is 0 Å². The van der Waals surface area contributed by atoms with Gasteiger partial charge in [-0.1, -0.05) is 5.16 Å². The molecule has 2 atom stereocenters. The van der Waals surface area contributed by atoms with Crippen LogP contribution in [-0.2, 0) is 17.3 Å². The largest absolute Gasteiger partial charge is 0.496 e. The summed E-state index contributed by atoms with van der Waals surface area (Å²) in [5, 5.41) is 15.0. The maximum atomic E-state index is 11.2. The topological polar surface area (TPSA) is 96.9 Å². The van der Waals surface area contributed by atoms with Gasteiger partial charge in [-0.15, -0.1) is 0 Å². The third-order valence-electron chi connectivity index (χ3n) is 2.81. The van der Waals surface area contributed by atoms with E-state index in [2.05, 4.69) is 10.5 Å². The van der Waals surface area contributed by atoms with E-state index in [-0.39, 0.29) is 11.9 Å². The van der Waals surface area contributed by atoms with Crippen LogP contribution in [0.25, 0.3) is 0 Å². The average Bonchev–Trinajstić information content (AvgIpc) is 2.43.